The molecule has 1 N–H and O–H groups in total. The molecule has 1 unspecified atom stereocenters. The van der Waals surface area contributed by atoms with Crippen molar-refractivity contribution < 1.29 is 17.9 Å². The summed E-state index contributed by atoms with van der Waals surface area (Å²) in [6.07, 6.45) is -5.04. The van der Waals surface area contributed by atoms with Crippen LogP contribution in [0, 0.1) is 6.92 Å². The average molecular weight is 293 g/mol. The third-order valence-corrected chi connectivity index (χ3v) is 3.56. The predicted molar refractivity (Wildman–Crippen MR) is 74.5 cm³/mol. The Bertz CT molecular complexity index is 667. The van der Waals surface area contributed by atoms with Gasteiger partial charge in [0, 0.05) is 5.56 Å². The molecule has 1 heterocycles. The van der Waals surface area contributed by atoms with E-state index in [1.54, 1.807) is 6.07 Å². The quantitative estimate of drug-likeness (QED) is 0.832. The zero-order valence-corrected chi connectivity index (χ0v) is 11.4. The standard InChI is InChI=1S/C16H14F3NO/c1-10-5-4-8-13-15(10)21-14(9-20-13)11-6-2-3-7-12(11)16(17,18)19/h2-8,14,20H,9H2,1H3. The van der Waals surface area contributed by atoms with Crippen LogP contribution in [0.5, 0.6) is 5.75 Å². The Hall–Kier alpha value is -2.17. The maximum absolute atomic E-state index is 13.1. The lowest BCUT2D eigenvalue weighted by atomic mass is 10.00. The van der Waals surface area contributed by atoms with Crippen molar-refractivity contribution >= 4 is 5.69 Å². The summed E-state index contributed by atoms with van der Waals surface area (Å²) in [5.74, 6) is 0.616. The van der Waals surface area contributed by atoms with E-state index < -0.39 is 17.8 Å². The van der Waals surface area contributed by atoms with Gasteiger partial charge in [-0.15, -0.1) is 0 Å². The number of para-hydroxylation sites is 1. The maximum Gasteiger partial charge on any atom is 0.416 e. The van der Waals surface area contributed by atoms with Crippen LogP contribution in [0.4, 0.5) is 18.9 Å². The lowest BCUT2D eigenvalue weighted by Crippen LogP contribution is -2.26. The summed E-state index contributed by atoms with van der Waals surface area (Å²) in [4.78, 5) is 0. The highest BCUT2D eigenvalue weighted by Crippen LogP contribution is 2.40. The minimum Gasteiger partial charge on any atom is -0.481 e. The van der Waals surface area contributed by atoms with Crippen LogP contribution in [0.2, 0.25) is 0 Å². The lowest BCUT2D eigenvalue weighted by molar-refractivity contribution is -0.139. The third kappa shape index (κ3) is 2.55. The van der Waals surface area contributed by atoms with Crippen molar-refractivity contribution in [2.45, 2.75) is 19.2 Å². The molecular formula is C16H14F3NO. The van der Waals surface area contributed by atoms with Crippen LogP contribution in [-0.4, -0.2) is 6.54 Å². The van der Waals surface area contributed by atoms with E-state index in [2.05, 4.69) is 5.32 Å². The van der Waals surface area contributed by atoms with E-state index in [9.17, 15) is 13.2 Å². The average Bonchev–Trinajstić information content (AvgIpc) is 2.46. The Morgan fingerprint density at radius 3 is 2.62 bits per heavy atom. The normalized spacial score (nSPS) is 17.6. The number of anilines is 1. The van der Waals surface area contributed by atoms with Gasteiger partial charge in [0.1, 0.15) is 11.9 Å². The second kappa shape index (κ2) is 4.98. The van der Waals surface area contributed by atoms with E-state index in [0.717, 1.165) is 17.3 Å². The van der Waals surface area contributed by atoms with Crippen molar-refractivity contribution in [3.8, 4) is 5.75 Å². The maximum atomic E-state index is 13.1. The minimum absolute atomic E-state index is 0.159. The molecule has 0 spiro atoms. The van der Waals surface area contributed by atoms with Crippen LogP contribution < -0.4 is 10.1 Å². The first-order valence-corrected chi connectivity index (χ1v) is 6.63. The summed E-state index contributed by atoms with van der Waals surface area (Å²) in [6.45, 7) is 2.18. The van der Waals surface area contributed by atoms with Gasteiger partial charge in [-0.05, 0) is 24.6 Å². The molecule has 0 saturated heterocycles. The number of benzene rings is 2. The zero-order valence-electron chi connectivity index (χ0n) is 11.4. The van der Waals surface area contributed by atoms with Gasteiger partial charge in [-0.25, -0.2) is 0 Å². The Kier molecular flexibility index (Phi) is 3.27. The topological polar surface area (TPSA) is 21.3 Å². The second-order valence-electron chi connectivity index (χ2n) is 5.02. The highest BCUT2D eigenvalue weighted by atomic mass is 19.4. The first kappa shape index (κ1) is 13.8. The van der Waals surface area contributed by atoms with Crippen LogP contribution in [0.25, 0.3) is 0 Å². The molecule has 0 saturated carbocycles. The molecule has 0 amide bonds. The van der Waals surface area contributed by atoms with Crippen molar-refractivity contribution in [3.63, 3.8) is 0 Å². The molecule has 2 aromatic rings. The fraction of sp³-hybridized carbons (Fsp3) is 0.250. The number of rotatable bonds is 1. The lowest BCUT2D eigenvalue weighted by Gasteiger charge is -2.30. The van der Waals surface area contributed by atoms with E-state index in [1.165, 1.54) is 12.1 Å². The molecule has 0 radical (unpaired) electrons. The smallest absolute Gasteiger partial charge is 0.416 e. The third-order valence-electron chi connectivity index (χ3n) is 3.56. The fourth-order valence-electron chi connectivity index (χ4n) is 2.54. The predicted octanol–water partition coefficient (Wildman–Crippen LogP) is 4.56. The molecule has 0 bridgehead atoms. The van der Waals surface area contributed by atoms with E-state index in [1.807, 2.05) is 25.1 Å². The summed E-state index contributed by atoms with van der Waals surface area (Å²) >= 11 is 0. The number of halogens is 3. The number of hydrogen-bond acceptors (Lipinski definition) is 2. The highest BCUT2D eigenvalue weighted by molar-refractivity contribution is 5.61. The summed E-state index contributed by atoms with van der Waals surface area (Å²) in [7, 11) is 0. The molecule has 2 aromatic carbocycles. The van der Waals surface area contributed by atoms with Gasteiger partial charge < -0.3 is 10.1 Å². The van der Waals surface area contributed by atoms with Gasteiger partial charge in [0.2, 0.25) is 0 Å². The van der Waals surface area contributed by atoms with Crippen LogP contribution in [0.1, 0.15) is 22.8 Å². The van der Waals surface area contributed by atoms with Crippen LogP contribution in [0.15, 0.2) is 42.5 Å². The van der Waals surface area contributed by atoms with E-state index >= 15 is 0 Å². The van der Waals surface area contributed by atoms with Gasteiger partial charge in [-0.2, -0.15) is 13.2 Å². The minimum atomic E-state index is -4.38. The van der Waals surface area contributed by atoms with Gasteiger partial charge in [0.05, 0.1) is 17.8 Å². The first-order valence-electron chi connectivity index (χ1n) is 6.63. The second-order valence-corrected chi connectivity index (χ2v) is 5.02. The van der Waals surface area contributed by atoms with Gasteiger partial charge in [0.15, 0.2) is 0 Å². The fourth-order valence-corrected chi connectivity index (χ4v) is 2.54. The summed E-state index contributed by atoms with van der Waals surface area (Å²) in [5.41, 5.74) is 1.23. The number of fused-ring (bicyclic) bond motifs is 1. The number of nitrogens with one attached hydrogen (secondary N) is 1. The van der Waals surface area contributed by atoms with Gasteiger partial charge >= 0.3 is 6.18 Å². The molecular weight excluding hydrogens is 279 g/mol. The van der Waals surface area contributed by atoms with Crippen molar-refractivity contribution in [3.05, 3.63) is 59.2 Å². The Morgan fingerprint density at radius 1 is 1.10 bits per heavy atom. The molecule has 1 aliphatic heterocycles. The zero-order chi connectivity index (χ0) is 15.0. The molecule has 21 heavy (non-hydrogen) atoms. The summed E-state index contributed by atoms with van der Waals surface area (Å²) in [6, 6.07) is 11.2. The highest BCUT2D eigenvalue weighted by Gasteiger charge is 2.36. The Balaban J connectivity index is 1.99. The molecule has 110 valence electrons. The molecule has 0 aromatic heterocycles. The van der Waals surface area contributed by atoms with Crippen LogP contribution in [0.3, 0.4) is 0 Å². The van der Waals surface area contributed by atoms with E-state index in [0.29, 0.717) is 12.3 Å². The number of hydrogen-bond donors (Lipinski definition) is 1. The van der Waals surface area contributed by atoms with Crippen molar-refractivity contribution in [2.24, 2.45) is 0 Å². The van der Waals surface area contributed by atoms with E-state index in [4.69, 9.17) is 4.74 Å². The summed E-state index contributed by atoms with van der Waals surface area (Å²) in [5, 5.41) is 3.14. The molecule has 1 atom stereocenters. The number of ether oxygens (including phenoxy) is 1. The SMILES string of the molecule is Cc1cccc2c1OC(c1ccccc1C(F)(F)F)CN2. The van der Waals surface area contributed by atoms with Crippen molar-refractivity contribution in [1.82, 2.24) is 0 Å². The molecule has 5 heteroatoms. The summed E-state index contributed by atoms with van der Waals surface area (Å²) < 4.78 is 45.1. The Labute approximate surface area is 120 Å². The molecule has 1 aliphatic rings. The Morgan fingerprint density at radius 2 is 1.86 bits per heavy atom. The number of aryl methyl sites for hydroxylation is 1. The van der Waals surface area contributed by atoms with Crippen LogP contribution >= 0.6 is 0 Å². The van der Waals surface area contributed by atoms with E-state index in [-0.39, 0.29) is 5.56 Å². The van der Waals surface area contributed by atoms with Gasteiger partial charge in [-0.3, -0.25) is 0 Å². The molecule has 0 fully saturated rings. The number of alkyl halides is 3. The molecule has 0 aliphatic carbocycles. The van der Waals surface area contributed by atoms with Crippen molar-refractivity contribution in [2.75, 3.05) is 11.9 Å². The largest absolute Gasteiger partial charge is 0.481 e. The van der Waals surface area contributed by atoms with Gasteiger partial charge in [-0.1, -0.05) is 30.3 Å². The van der Waals surface area contributed by atoms with Crippen molar-refractivity contribution in [1.29, 1.82) is 0 Å². The first-order chi connectivity index (χ1) is 9.97. The van der Waals surface area contributed by atoms with Crippen LogP contribution in [-0.2, 0) is 6.18 Å². The molecule has 3 rings (SSSR count). The monoisotopic (exact) mass is 293 g/mol. The van der Waals surface area contributed by atoms with Gasteiger partial charge in [0.25, 0.3) is 0 Å². The molecule has 2 nitrogen and oxygen atoms in total.